The second-order valence-corrected chi connectivity index (χ2v) is 9.95. The van der Waals surface area contributed by atoms with Crippen LogP contribution < -0.4 is 14.4 Å². The molecule has 9 heteroatoms. The van der Waals surface area contributed by atoms with Crippen LogP contribution in [0.25, 0.3) is 0 Å². The molecule has 0 fully saturated rings. The Labute approximate surface area is 202 Å². The predicted molar refractivity (Wildman–Crippen MR) is 134 cm³/mol. The van der Waals surface area contributed by atoms with Crippen molar-refractivity contribution in [1.82, 2.24) is 10.2 Å². The average molecular weight is 490 g/mol. The van der Waals surface area contributed by atoms with Gasteiger partial charge in [0.25, 0.3) is 0 Å². The van der Waals surface area contributed by atoms with Gasteiger partial charge in [0.15, 0.2) is 0 Å². The van der Waals surface area contributed by atoms with E-state index in [0.717, 1.165) is 29.0 Å². The van der Waals surface area contributed by atoms with Gasteiger partial charge in [-0.1, -0.05) is 56.7 Å². The van der Waals surface area contributed by atoms with Gasteiger partial charge in [-0.05, 0) is 30.5 Å². The van der Waals surface area contributed by atoms with E-state index in [1.807, 2.05) is 44.2 Å². The monoisotopic (exact) mass is 489 g/mol. The molecule has 0 aromatic heterocycles. The molecule has 34 heavy (non-hydrogen) atoms. The van der Waals surface area contributed by atoms with Crippen molar-refractivity contribution in [2.24, 2.45) is 0 Å². The first-order valence-corrected chi connectivity index (χ1v) is 13.3. The molecule has 0 aliphatic carbocycles. The topological polar surface area (TPSA) is 96.0 Å². The minimum absolute atomic E-state index is 0.190. The summed E-state index contributed by atoms with van der Waals surface area (Å²) in [4.78, 5) is 28.0. The van der Waals surface area contributed by atoms with Gasteiger partial charge in [-0.2, -0.15) is 0 Å². The molecule has 186 valence electrons. The van der Waals surface area contributed by atoms with Gasteiger partial charge in [0.05, 0.1) is 19.1 Å². The number of hydrogen-bond donors (Lipinski definition) is 1. The first kappa shape index (κ1) is 27.2. The number of ether oxygens (including phenoxy) is 1. The largest absolute Gasteiger partial charge is 0.497 e. The maximum Gasteiger partial charge on any atom is 0.244 e. The van der Waals surface area contributed by atoms with Crippen LogP contribution in [0.2, 0.25) is 0 Å². The van der Waals surface area contributed by atoms with Gasteiger partial charge in [-0.25, -0.2) is 8.42 Å². The molecule has 0 aliphatic rings. The van der Waals surface area contributed by atoms with Gasteiger partial charge in [0.2, 0.25) is 21.8 Å². The fourth-order valence-electron chi connectivity index (χ4n) is 3.59. The summed E-state index contributed by atoms with van der Waals surface area (Å²) in [5.41, 5.74) is 1.17. The number of sulfonamides is 1. The number of methoxy groups -OCH3 is 1. The van der Waals surface area contributed by atoms with Gasteiger partial charge in [-0.3, -0.25) is 13.9 Å². The lowest BCUT2D eigenvalue weighted by atomic mass is 10.1. The Morgan fingerprint density at radius 3 is 2.35 bits per heavy atom. The molecule has 0 radical (unpaired) electrons. The standard InChI is InChI=1S/C25H35N3O5S/c1-5-7-16-26-25(30)23(6-2)27(18-20-12-9-8-10-13-20)24(29)19-28(34(4,31)32)21-14-11-15-22(17-21)33-3/h8-15,17,23H,5-7,16,18-19H2,1-4H3,(H,26,30)/t23-/m0/s1. The van der Waals surface area contributed by atoms with Crippen LogP contribution in [0.1, 0.15) is 38.7 Å². The maximum absolute atomic E-state index is 13.6. The second kappa shape index (κ2) is 13.0. The Morgan fingerprint density at radius 1 is 1.06 bits per heavy atom. The second-order valence-electron chi connectivity index (χ2n) is 8.05. The number of hydrogen-bond acceptors (Lipinski definition) is 5. The lowest BCUT2D eigenvalue weighted by Crippen LogP contribution is -2.52. The predicted octanol–water partition coefficient (Wildman–Crippen LogP) is 3.18. The zero-order chi connectivity index (χ0) is 25.1. The fraction of sp³-hybridized carbons (Fsp3) is 0.440. The Kier molecular flexibility index (Phi) is 10.4. The summed E-state index contributed by atoms with van der Waals surface area (Å²) >= 11 is 0. The summed E-state index contributed by atoms with van der Waals surface area (Å²) < 4.78 is 31.5. The molecule has 0 unspecified atom stereocenters. The number of nitrogens with zero attached hydrogens (tertiary/aromatic N) is 2. The van der Waals surface area contributed by atoms with E-state index in [-0.39, 0.29) is 12.5 Å². The van der Waals surface area contributed by atoms with E-state index in [9.17, 15) is 18.0 Å². The Morgan fingerprint density at radius 2 is 1.76 bits per heavy atom. The number of benzene rings is 2. The molecule has 0 aliphatic heterocycles. The van der Waals surface area contributed by atoms with Crippen molar-refractivity contribution in [2.75, 3.05) is 30.8 Å². The van der Waals surface area contributed by atoms with Gasteiger partial charge in [-0.15, -0.1) is 0 Å². The van der Waals surface area contributed by atoms with Crippen LogP contribution in [0, 0.1) is 0 Å². The summed E-state index contributed by atoms with van der Waals surface area (Å²) in [6.07, 6.45) is 3.23. The third-order valence-corrected chi connectivity index (χ3v) is 6.57. The van der Waals surface area contributed by atoms with Gasteiger partial charge in [0, 0.05) is 19.2 Å². The molecule has 2 aromatic carbocycles. The number of carbonyl (C=O) groups is 2. The van der Waals surface area contributed by atoms with E-state index in [0.29, 0.717) is 24.4 Å². The molecule has 1 N–H and O–H groups in total. The molecule has 2 rings (SSSR count). The molecule has 8 nitrogen and oxygen atoms in total. The van der Waals surface area contributed by atoms with E-state index < -0.39 is 28.5 Å². The lowest BCUT2D eigenvalue weighted by molar-refractivity contribution is -0.140. The summed E-state index contributed by atoms with van der Waals surface area (Å²) in [5, 5.41) is 2.90. The van der Waals surface area contributed by atoms with Crippen LogP contribution in [-0.2, 0) is 26.2 Å². The summed E-state index contributed by atoms with van der Waals surface area (Å²) in [5.74, 6) is -0.233. The third kappa shape index (κ3) is 7.76. The highest BCUT2D eigenvalue weighted by atomic mass is 32.2. The van der Waals surface area contributed by atoms with Crippen LogP contribution in [0.3, 0.4) is 0 Å². The lowest BCUT2D eigenvalue weighted by Gasteiger charge is -2.33. The van der Waals surface area contributed by atoms with Crippen LogP contribution in [0.5, 0.6) is 5.75 Å². The van der Waals surface area contributed by atoms with Crippen LogP contribution >= 0.6 is 0 Å². The molecule has 0 spiro atoms. The number of amides is 2. The number of nitrogens with one attached hydrogen (secondary N) is 1. The van der Waals surface area contributed by atoms with E-state index in [2.05, 4.69) is 5.32 Å². The van der Waals surface area contributed by atoms with Gasteiger partial charge < -0.3 is 15.0 Å². The fourth-order valence-corrected chi connectivity index (χ4v) is 4.43. The molecule has 0 bridgehead atoms. The number of unbranched alkanes of at least 4 members (excludes halogenated alkanes) is 1. The molecule has 0 saturated carbocycles. The number of rotatable bonds is 13. The first-order valence-electron chi connectivity index (χ1n) is 11.4. The molecule has 2 amide bonds. The summed E-state index contributed by atoms with van der Waals surface area (Å²) in [6, 6.07) is 15.1. The molecule has 1 atom stereocenters. The number of carbonyl (C=O) groups excluding carboxylic acids is 2. The third-order valence-electron chi connectivity index (χ3n) is 5.43. The van der Waals surface area contributed by atoms with Crippen molar-refractivity contribution in [3.05, 3.63) is 60.2 Å². The van der Waals surface area contributed by atoms with Crippen molar-refractivity contribution in [2.45, 2.75) is 45.7 Å². The first-order chi connectivity index (χ1) is 16.2. The quantitative estimate of drug-likeness (QED) is 0.436. The smallest absolute Gasteiger partial charge is 0.244 e. The average Bonchev–Trinajstić information content (AvgIpc) is 2.82. The molecule has 0 saturated heterocycles. The van der Waals surface area contributed by atoms with E-state index in [1.165, 1.54) is 12.0 Å². The summed E-state index contributed by atoms with van der Waals surface area (Å²) in [7, 11) is -2.30. The van der Waals surface area contributed by atoms with Crippen molar-refractivity contribution in [3.8, 4) is 5.75 Å². The van der Waals surface area contributed by atoms with Crippen molar-refractivity contribution < 1.29 is 22.7 Å². The zero-order valence-electron chi connectivity index (χ0n) is 20.4. The number of anilines is 1. The minimum atomic E-state index is -3.78. The van der Waals surface area contributed by atoms with E-state index in [4.69, 9.17) is 4.74 Å². The maximum atomic E-state index is 13.6. The van der Waals surface area contributed by atoms with Gasteiger partial charge in [0.1, 0.15) is 18.3 Å². The highest BCUT2D eigenvalue weighted by molar-refractivity contribution is 7.92. The highest BCUT2D eigenvalue weighted by Gasteiger charge is 2.31. The van der Waals surface area contributed by atoms with Crippen molar-refractivity contribution >= 4 is 27.5 Å². The van der Waals surface area contributed by atoms with E-state index >= 15 is 0 Å². The summed E-state index contributed by atoms with van der Waals surface area (Å²) in [6.45, 7) is 4.16. The Balaban J connectivity index is 2.38. The highest BCUT2D eigenvalue weighted by Crippen LogP contribution is 2.24. The molecular formula is C25H35N3O5S. The SMILES string of the molecule is CCCCNC(=O)[C@H](CC)N(Cc1ccccc1)C(=O)CN(c1cccc(OC)c1)S(C)(=O)=O. The van der Waals surface area contributed by atoms with Crippen LogP contribution in [0.4, 0.5) is 5.69 Å². The van der Waals surface area contributed by atoms with Crippen molar-refractivity contribution in [3.63, 3.8) is 0 Å². The molecular weight excluding hydrogens is 454 g/mol. The normalized spacial score (nSPS) is 12.0. The zero-order valence-corrected chi connectivity index (χ0v) is 21.2. The van der Waals surface area contributed by atoms with Crippen molar-refractivity contribution in [1.29, 1.82) is 0 Å². The Hall–Kier alpha value is -3.07. The minimum Gasteiger partial charge on any atom is -0.497 e. The van der Waals surface area contributed by atoms with Gasteiger partial charge >= 0.3 is 0 Å². The Bertz CT molecular complexity index is 1040. The van der Waals surface area contributed by atoms with Crippen LogP contribution in [-0.4, -0.2) is 57.6 Å². The molecule has 2 aromatic rings. The molecule has 0 heterocycles. The van der Waals surface area contributed by atoms with E-state index in [1.54, 1.807) is 24.3 Å². The van der Waals surface area contributed by atoms with Crippen LogP contribution in [0.15, 0.2) is 54.6 Å².